The largest absolute Gasteiger partial charge is 0.573 e. The molecular weight excluding hydrogens is 447 g/mol. The fourth-order valence-corrected chi connectivity index (χ4v) is 4.44. The molecule has 0 bridgehead atoms. The number of aliphatic hydroxyl groups is 1. The number of halogens is 3. The number of hydrogen-bond acceptors (Lipinski definition) is 4. The molecule has 2 aromatic carbocycles. The van der Waals surface area contributed by atoms with E-state index < -0.39 is 17.9 Å². The molecule has 0 aliphatic heterocycles. The van der Waals surface area contributed by atoms with Crippen LogP contribution < -0.4 is 10.1 Å². The summed E-state index contributed by atoms with van der Waals surface area (Å²) < 4.78 is 43.6. The maximum Gasteiger partial charge on any atom is 0.573 e. The van der Waals surface area contributed by atoms with Gasteiger partial charge in [0.1, 0.15) is 11.4 Å². The van der Waals surface area contributed by atoms with Crippen LogP contribution in [0.3, 0.4) is 0 Å². The van der Waals surface area contributed by atoms with Crippen molar-refractivity contribution in [1.29, 1.82) is 5.26 Å². The zero-order valence-electron chi connectivity index (χ0n) is 18.4. The zero-order valence-corrected chi connectivity index (χ0v) is 18.4. The maximum absolute atomic E-state index is 13.1. The summed E-state index contributed by atoms with van der Waals surface area (Å²) in [4.78, 5) is 13.1. The Bertz CT molecular complexity index is 1240. The number of hydrogen-bond donors (Lipinski definition) is 2. The lowest BCUT2D eigenvalue weighted by Gasteiger charge is -2.32. The Morgan fingerprint density at radius 2 is 1.91 bits per heavy atom. The van der Waals surface area contributed by atoms with E-state index >= 15 is 0 Å². The number of aromatic nitrogens is 1. The van der Waals surface area contributed by atoms with Crippen LogP contribution in [0, 0.1) is 11.3 Å². The van der Waals surface area contributed by atoms with Crippen molar-refractivity contribution in [2.24, 2.45) is 0 Å². The third kappa shape index (κ3) is 5.51. The highest BCUT2D eigenvalue weighted by molar-refractivity contribution is 5.99. The van der Waals surface area contributed by atoms with Gasteiger partial charge in [-0.05, 0) is 54.8 Å². The van der Waals surface area contributed by atoms with Crippen molar-refractivity contribution in [3.63, 3.8) is 0 Å². The molecule has 0 unspecified atom stereocenters. The molecule has 9 heteroatoms. The molecule has 2 N–H and O–H groups in total. The molecule has 178 valence electrons. The molecular formula is C25H24F3N3O3. The highest BCUT2D eigenvalue weighted by Gasteiger charge is 2.31. The van der Waals surface area contributed by atoms with Crippen LogP contribution in [0.25, 0.3) is 10.9 Å². The molecule has 1 aliphatic rings. The van der Waals surface area contributed by atoms with Gasteiger partial charge >= 0.3 is 6.36 Å². The molecule has 0 atom stereocenters. The van der Waals surface area contributed by atoms with Crippen molar-refractivity contribution in [2.75, 3.05) is 6.54 Å². The molecule has 1 aromatic heterocycles. The summed E-state index contributed by atoms with van der Waals surface area (Å²) in [6.07, 6.45) is -0.707. The highest BCUT2D eigenvalue weighted by atomic mass is 19.4. The fourth-order valence-electron chi connectivity index (χ4n) is 4.44. The number of nitrogens with one attached hydrogen (secondary N) is 1. The molecule has 3 aromatic rings. The number of alkyl halides is 3. The van der Waals surface area contributed by atoms with Gasteiger partial charge in [0.25, 0.3) is 5.91 Å². The Kier molecular flexibility index (Phi) is 6.53. The van der Waals surface area contributed by atoms with Crippen LogP contribution in [0.2, 0.25) is 0 Å². The molecule has 0 spiro atoms. The molecule has 1 heterocycles. The number of carbonyl (C=O) groups excluding carboxylic acids is 1. The van der Waals surface area contributed by atoms with Crippen LogP contribution in [0.5, 0.6) is 5.75 Å². The standard InChI is InChI=1S/C25H24F3N3O3/c26-25(27,28)34-20-6-4-5-18(12-20)15-31-21-8-7-17(14-29)11-19(21)13-22(31)23(32)30-16-24(33)9-2-1-3-10-24/h4-8,11-13,33H,1-3,9-10,15-16H2,(H,30,32). The second kappa shape index (κ2) is 9.39. The normalized spacial score (nSPS) is 15.6. The smallest absolute Gasteiger partial charge is 0.406 e. The van der Waals surface area contributed by atoms with E-state index in [9.17, 15) is 28.3 Å². The molecule has 34 heavy (non-hydrogen) atoms. The van der Waals surface area contributed by atoms with Crippen LogP contribution in [-0.4, -0.2) is 34.1 Å². The number of rotatable bonds is 6. The van der Waals surface area contributed by atoms with Crippen molar-refractivity contribution >= 4 is 16.8 Å². The van der Waals surface area contributed by atoms with Gasteiger partial charge in [-0.3, -0.25) is 4.79 Å². The summed E-state index contributed by atoms with van der Waals surface area (Å²) in [5.74, 6) is -0.754. The fraction of sp³-hybridized carbons (Fsp3) is 0.360. The quantitative estimate of drug-likeness (QED) is 0.536. The van der Waals surface area contributed by atoms with Crippen molar-refractivity contribution in [3.8, 4) is 11.8 Å². The zero-order chi connectivity index (χ0) is 24.3. The van der Waals surface area contributed by atoms with E-state index in [-0.39, 0.29) is 24.5 Å². The minimum Gasteiger partial charge on any atom is -0.406 e. The first-order chi connectivity index (χ1) is 16.2. The van der Waals surface area contributed by atoms with Crippen LogP contribution in [0.1, 0.15) is 53.7 Å². The molecule has 0 saturated heterocycles. The number of benzene rings is 2. The monoisotopic (exact) mass is 471 g/mol. The number of ether oxygens (including phenoxy) is 1. The topological polar surface area (TPSA) is 87.3 Å². The molecule has 0 radical (unpaired) electrons. The van der Waals surface area contributed by atoms with Crippen LogP contribution in [0.4, 0.5) is 13.2 Å². The van der Waals surface area contributed by atoms with Gasteiger partial charge in [-0.1, -0.05) is 31.4 Å². The molecule has 1 fully saturated rings. The van der Waals surface area contributed by atoms with Crippen molar-refractivity contribution < 1.29 is 27.8 Å². The molecule has 1 aliphatic carbocycles. The summed E-state index contributed by atoms with van der Waals surface area (Å²) in [7, 11) is 0. The molecule has 6 nitrogen and oxygen atoms in total. The van der Waals surface area contributed by atoms with Crippen LogP contribution in [-0.2, 0) is 6.54 Å². The Labute approximate surface area is 194 Å². The van der Waals surface area contributed by atoms with E-state index in [1.54, 1.807) is 34.9 Å². The molecule has 4 rings (SSSR count). The van der Waals surface area contributed by atoms with E-state index in [2.05, 4.69) is 16.1 Å². The van der Waals surface area contributed by atoms with E-state index in [0.29, 0.717) is 34.9 Å². The Morgan fingerprint density at radius 1 is 1.15 bits per heavy atom. The molecule has 1 amide bonds. The lowest BCUT2D eigenvalue weighted by atomic mass is 9.85. The number of nitrogens with zero attached hydrogens (tertiary/aromatic N) is 2. The van der Waals surface area contributed by atoms with Crippen molar-refractivity contribution in [2.45, 2.75) is 50.6 Å². The van der Waals surface area contributed by atoms with E-state index in [1.165, 1.54) is 18.2 Å². The van der Waals surface area contributed by atoms with Crippen molar-refractivity contribution in [3.05, 3.63) is 65.4 Å². The lowest BCUT2D eigenvalue weighted by Crippen LogP contribution is -2.44. The lowest BCUT2D eigenvalue weighted by molar-refractivity contribution is -0.274. The second-order valence-corrected chi connectivity index (χ2v) is 8.66. The average Bonchev–Trinajstić information content (AvgIpc) is 3.14. The Balaban J connectivity index is 1.65. The van der Waals surface area contributed by atoms with Crippen molar-refractivity contribution in [1.82, 2.24) is 9.88 Å². The van der Waals surface area contributed by atoms with Gasteiger partial charge in [-0.15, -0.1) is 13.2 Å². The van der Waals surface area contributed by atoms with Gasteiger partial charge in [0.2, 0.25) is 0 Å². The van der Waals surface area contributed by atoms with E-state index in [0.717, 1.165) is 19.3 Å². The number of amides is 1. The predicted molar refractivity (Wildman–Crippen MR) is 119 cm³/mol. The first-order valence-electron chi connectivity index (χ1n) is 11.0. The van der Waals surface area contributed by atoms with Gasteiger partial charge < -0.3 is 19.7 Å². The third-order valence-corrected chi connectivity index (χ3v) is 6.10. The summed E-state index contributed by atoms with van der Waals surface area (Å²) in [5, 5.41) is 23.4. The van der Waals surface area contributed by atoms with E-state index in [1.807, 2.05) is 0 Å². The van der Waals surface area contributed by atoms with Crippen LogP contribution >= 0.6 is 0 Å². The SMILES string of the molecule is N#Cc1ccc2c(c1)cc(C(=O)NCC1(O)CCCCC1)n2Cc1cccc(OC(F)(F)F)c1. The van der Waals surface area contributed by atoms with Gasteiger partial charge in [-0.2, -0.15) is 5.26 Å². The Hall–Kier alpha value is -3.51. The summed E-state index contributed by atoms with van der Waals surface area (Å²) in [6.45, 7) is 0.225. The van der Waals surface area contributed by atoms with Gasteiger partial charge in [0, 0.05) is 24.0 Å². The van der Waals surface area contributed by atoms with E-state index in [4.69, 9.17) is 0 Å². The summed E-state index contributed by atoms with van der Waals surface area (Å²) in [6, 6.07) is 14.3. The Morgan fingerprint density at radius 3 is 2.62 bits per heavy atom. The number of carbonyl (C=O) groups is 1. The predicted octanol–water partition coefficient (Wildman–Crippen LogP) is 4.88. The third-order valence-electron chi connectivity index (χ3n) is 6.10. The highest BCUT2D eigenvalue weighted by Crippen LogP contribution is 2.29. The first kappa shape index (κ1) is 23.6. The number of fused-ring (bicyclic) bond motifs is 1. The first-order valence-corrected chi connectivity index (χ1v) is 11.0. The van der Waals surface area contributed by atoms with Gasteiger partial charge in [0.15, 0.2) is 0 Å². The number of nitriles is 1. The van der Waals surface area contributed by atoms with Gasteiger partial charge in [-0.25, -0.2) is 0 Å². The minimum absolute atomic E-state index is 0.109. The average molecular weight is 471 g/mol. The van der Waals surface area contributed by atoms with Gasteiger partial charge in [0.05, 0.1) is 17.2 Å². The second-order valence-electron chi connectivity index (χ2n) is 8.66. The maximum atomic E-state index is 13.1. The summed E-state index contributed by atoms with van der Waals surface area (Å²) >= 11 is 0. The van der Waals surface area contributed by atoms with Crippen LogP contribution in [0.15, 0.2) is 48.5 Å². The minimum atomic E-state index is -4.81. The summed E-state index contributed by atoms with van der Waals surface area (Å²) in [5.41, 5.74) is 0.925. The molecule has 1 saturated carbocycles.